The van der Waals surface area contributed by atoms with Crippen LogP contribution in [0.4, 0.5) is 0 Å². The lowest BCUT2D eigenvalue weighted by atomic mass is 10.1. The maximum Gasteiger partial charge on any atom is 0.332 e. The number of nitrogens with one attached hydrogen (secondary N) is 1. The van der Waals surface area contributed by atoms with Crippen molar-refractivity contribution in [3.05, 3.63) is 29.2 Å². The summed E-state index contributed by atoms with van der Waals surface area (Å²) in [4.78, 5) is 23.1. The van der Waals surface area contributed by atoms with Crippen molar-refractivity contribution in [1.29, 1.82) is 0 Å². The molecule has 1 heterocycles. The first-order chi connectivity index (χ1) is 9.42. The fourth-order valence-electron chi connectivity index (χ4n) is 1.52. The van der Waals surface area contributed by atoms with Crippen LogP contribution in [0.15, 0.2) is 24.2 Å². The minimum atomic E-state index is -0.475. The highest BCUT2D eigenvalue weighted by Crippen LogP contribution is 2.08. The van der Waals surface area contributed by atoms with Crippen LogP contribution in [0.2, 0.25) is 5.02 Å². The number of hydrogen-bond donors (Lipinski definition) is 1. The number of nitrogens with zero attached hydrogens (tertiary/aromatic N) is 2. The molecule has 20 heavy (non-hydrogen) atoms. The van der Waals surface area contributed by atoms with Gasteiger partial charge in [0.25, 0.3) is 0 Å². The van der Waals surface area contributed by atoms with E-state index in [1.54, 1.807) is 31.6 Å². The number of allylic oxidation sites excluding steroid dienone is 1. The number of amides is 1. The molecule has 0 spiro atoms. The third kappa shape index (κ3) is 5.44. The van der Waals surface area contributed by atoms with Crippen LogP contribution in [-0.2, 0) is 20.9 Å². The molecule has 1 unspecified atom stereocenters. The van der Waals surface area contributed by atoms with Crippen molar-refractivity contribution in [3.8, 4) is 0 Å². The smallest absolute Gasteiger partial charge is 0.332 e. The zero-order valence-electron chi connectivity index (χ0n) is 11.7. The van der Waals surface area contributed by atoms with Crippen molar-refractivity contribution in [2.45, 2.75) is 27.3 Å². The second-order valence-corrected chi connectivity index (χ2v) is 4.79. The lowest BCUT2D eigenvalue weighted by Gasteiger charge is -2.12. The third-order valence-electron chi connectivity index (χ3n) is 2.45. The average molecular weight is 300 g/mol. The number of aromatic nitrogens is 2. The van der Waals surface area contributed by atoms with Crippen molar-refractivity contribution in [3.63, 3.8) is 0 Å². The normalized spacial score (nSPS) is 12.9. The molecule has 0 radical (unpaired) electrons. The highest BCUT2D eigenvalue weighted by molar-refractivity contribution is 6.30. The summed E-state index contributed by atoms with van der Waals surface area (Å²) < 4.78 is 6.35. The summed E-state index contributed by atoms with van der Waals surface area (Å²) in [5, 5.41) is 7.17. The Morgan fingerprint density at radius 1 is 1.60 bits per heavy atom. The summed E-state index contributed by atoms with van der Waals surface area (Å²) in [6.45, 7) is 5.82. The summed E-state index contributed by atoms with van der Waals surface area (Å²) in [5.74, 6) is -0.983. The quantitative estimate of drug-likeness (QED) is 0.641. The minimum absolute atomic E-state index is 0.199. The van der Waals surface area contributed by atoms with Crippen LogP contribution in [-0.4, -0.2) is 28.3 Å². The third-order valence-corrected chi connectivity index (χ3v) is 2.65. The van der Waals surface area contributed by atoms with Crippen molar-refractivity contribution >= 4 is 23.5 Å². The van der Waals surface area contributed by atoms with Gasteiger partial charge in [-0.25, -0.2) is 4.79 Å². The van der Waals surface area contributed by atoms with Gasteiger partial charge in [0.15, 0.2) is 0 Å². The summed E-state index contributed by atoms with van der Waals surface area (Å²) in [5.41, 5.74) is 0.443. The molecule has 1 aromatic heterocycles. The Hall–Kier alpha value is -1.82. The van der Waals surface area contributed by atoms with Crippen molar-refractivity contribution in [2.75, 3.05) is 6.61 Å². The summed E-state index contributed by atoms with van der Waals surface area (Å²) >= 11 is 5.75. The van der Waals surface area contributed by atoms with E-state index in [4.69, 9.17) is 16.3 Å². The van der Waals surface area contributed by atoms with Crippen LogP contribution >= 0.6 is 11.6 Å². The highest BCUT2D eigenvalue weighted by Gasteiger charge is 2.14. The maximum absolute atomic E-state index is 11.9. The molecule has 0 bridgehead atoms. The monoisotopic (exact) mass is 299 g/mol. The number of esters is 1. The lowest BCUT2D eigenvalue weighted by Crippen LogP contribution is -2.30. The molecule has 7 heteroatoms. The van der Waals surface area contributed by atoms with Crippen LogP contribution in [0.3, 0.4) is 0 Å². The molecule has 110 valence electrons. The summed E-state index contributed by atoms with van der Waals surface area (Å²) in [6, 6.07) is 0. The molecular formula is C13H18ClN3O3. The number of rotatable bonds is 6. The molecule has 0 saturated carbocycles. The van der Waals surface area contributed by atoms with Gasteiger partial charge in [-0.15, -0.1) is 0 Å². The minimum Gasteiger partial charge on any atom is -0.463 e. The summed E-state index contributed by atoms with van der Waals surface area (Å²) in [6.07, 6.45) is 4.41. The number of hydrogen-bond acceptors (Lipinski definition) is 4. The van der Waals surface area contributed by atoms with Crippen LogP contribution in [0.25, 0.3) is 0 Å². The first-order valence-corrected chi connectivity index (χ1v) is 6.64. The van der Waals surface area contributed by atoms with Gasteiger partial charge >= 0.3 is 5.97 Å². The van der Waals surface area contributed by atoms with E-state index in [0.29, 0.717) is 23.9 Å². The molecule has 0 saturated heterocycles. The number of ether oxygens (including phenoxy) is 1. The Morgan fingerprint density at radius 2 is 2.30 bits per heavy atom. The first-order valence-electron chi connectivity index (χ1n) is 6.26. The molecular weight excluding hydrogens is 282 g/mol. The van der Waals surface area contributed by atoms with Gasteiger partial charge in [0.05, 0.1) is 30.3 Å². The SMILES string of the molecule is CCOC(=O)/C=C(\C)NC(=O)C(C)Cn1cc(Cl)cn1. The predicted octanol–water partition coefficient (Wildman–Crippen LogP) is 1.76. The Balaban J connectivity index is 2.51. The zero-order chi connectivity index (χ0) is 15.1. The Bertz CT molecular complexity index is 511. The lowest BCUT2D eigenvalue weighted by molar-refractivity contribution is -0.137. The molecule has 1 rings (SSSR count). The van der Waals surface area contributed by atoms with E-state index in [0.717, 1.165) is 0 Å². The van der Waals surface area contributed by atoms with E-state index in [2.05, 4.69) is 10.4 Å². The standard InChI is InChI=1S/C13H18ClN3O3/c1-4-20-12(18)5-10(3)16-13(19)9(2)7-17-8-11(14)6-15-17/h5-6,8-9H,4,7H2,1-3H3,(H,16,19)/b10-5+. The van der Waals surface area contributed by atoms with E-state index in [-0.39, 0.29) is 11.8 Å². The number of carbonyl (C=O) groups is 2. The van der Waals surface area contributed by atoms with Crippen molar-refractivity contribution in [1.82, 2.24) is 15.1 Å². The number of carbonyl (C=O) groups excluding carboxylic acids is 2. The molecule has 0 aliphatic carbocycles. The van der Waals surface area contributed by atoms with Crippen molar-refractivity contribution in [2.24, 2.45) is 5.92 Å². The van der Waals surface area contributed by atoms with Crippen molar-refractivity contribution < 1.29 is 14.3 Å². The Kier molecular flexibility index (Phi) is 6.24. The first kappa shape index (κ1) is 16.2. The molecule has 1 amide bonds. The van der Waals surface area contributed by atoms with Gasteiger partial charge in [0.1, 0.15) is 0 Å². The van der Waals surface area contributed by atoms with E-state index >= 15 is 0 Å². The molecule has 0 aliphatic rings. The van der Waals surface area contributed by atoms with Crippen LogP contribution in [0, 0.1) is 5.92 Å². The average Bonchev–Trinajstić information content (AvgIpc) is 2.74. The largest absolute Gasteiger partial charge is 0.463 e. The van der Waals surface area contributed by atoms with Gasteiger partial charge < -0.3 is 10.1 Å². The predicted molar refractivity (Wildman–Crippen MR) is 74.9 cm³/mol. The van der Waals surface area contributed by atoms with E-state index in [9.17, 15) is 9.59 Å². The molecule has 0 aromatic carbocycles. The molecule has 0 aliphatic heterocycles. The fourth-order valence-corrected chi connectivity index (χ4v) is 1.67. The van der Waals surface area contributed by atoms with Gasteiger partial charge in [-0.3, -0.25) is 9.48 Å². The van der Waals surface area contributed by atoms with Crippen LogP contribution in [0.5, 0.6) is 0 Å². The zero-order valence-corrected chi connectivity index (χ0v) is 12.5. The van der Waals surface area contributed by atoms with E-state index < -0.39 is 5.97 Å². The molecule has 1 N–H and O–H groups in total. The van der Waals surface area contributed by atoms with Gasteiger partial charge in [0, 0.05) is 18.0 Å². The Morgan fingerprint density at radius 3 is 2.85 bits per heavy atom. The van der Waals surface area contributed by atoms with Crippen LogP contribution in [0.1, 0.15) is 20.8 Å². The van der Waals surface area contributed by atoms with E-state index in [1.165, 1.54) is 12.3 Å². The molecule has 1 atom stereocenters. The highest BCUT2D eigenvalue weighted by atomic mass is 35.5. The molecule has 6 nitrogen and oxygen atoms in total. The maximum atomic E-state index is 11.9. The molecule has 0 fully saturated rings. The van der Waals surface area contributed by atoms with Gasteiger partial charge in [-0.05, 0) is 13.8 Å². The second-order valence-electron chi connectivity index (χ2n) is 4.35. The van der Waals surface area contributed by atoms with Gasteiger partial charge in [0.2, 0.25) is 5.91 Å². The summed E-state index contributed by atoms with van der Waals surface area (Å²) in [7, 11) is 0. The fraction of sp³-hybridized carbons (Fsp3) is 0.462. The van der Waals surface area contributed by atoms with Gasteiger partial charge in [-0.1, -0.05) is 18.5 Å². The number of halogens is 1. The topological polar surface area (TPSA) is 73.2 Å². The van der Waals surface area contributed by atoms with Gasteiger partial charge in [-0.2, -0.15) is 5.10 Å². The Labute approximate surface area is 122 Å². The second kappa shape index (κ2) is 7.69. The van der Waals surface area contributed by atoms with Crippen LogP contribution < -0.4 is 5.32 Å². The molecule has 1 aromatic rings. The van der Waals surface area contributed by atoms with E-state index in [1.807, 2.05) is 0 Å².